The number of rotatable bonds is 53. The van der Waals surface area contributed by atoms with Crippen LogP contribution in [0.4, 0.5) is 0 Å². The molecule has 0 aromatic carbocycles. The number of aliphatic hydroxyl groups is 1. The largest absolute Gasteiger partial charge is 0.472 e. The minimum atomic E-state index is -4.76. The van der Waals surface area contributed by atoms with Crippen LogP contribution in [-0.4, -0.2) is 66.5 Å². The summed E-state index contributed by atoms with van der Waals surface area (Å²) in [5, 5.41) is 9.81. The fraction of sp³-hybridized carbons (Fsp3) is 0.750. The Morgan fingerprint density at radius 2 is 0.736 bits per heavy atom. The maximum absolute atomic E-state index is 12.9. The second-order valence-corrected chi connectivity index (χ2v) is 20.5. The van der Waals surface area contributed by atoms with E-state index >= 15 is 0 Å². The van der Waals surface area contributed by atoms with Gasteiger partial charge < -0.3 is 24.2 Å². The number of carbonyl (C=O) groups is 3. The molecule has 0 spiro atoms. The Morgan fingerprint density at radius 3 is 1.18 bits per heavy atom. The number of hydrogen-bond acceptors (Lipinski definition) is 10. The summed E-state index contributed by atoms with van der Waals surface area (Å²) in [5.41, 5.74) is 0. The molecule has 0 bridgehead atoms. The highest BCUT2D eigenvalue weighted by molar-refractivity contribution is 7.47. The normalized spacial score (nSPS) is 13.9. The molecule has 2 N–H and O–H groups in total. The van der Waals surface area contributed by atoms with Crippen LogP contribution in [0.3, 0.4) is 0 Å². The number of allylic oxidation sites excluding steroid dienone is 12. The van der Waals surface area contributed by atoms with E-state index in [1.54, 1.807) is 0 Å². The van der Waals surface area contributed by atoms with Crippen LogP contribution in [-0.2, 0) is 42.2 Å². The molecule has 0 radical (unpaired) electrons. The van der Waals surface area contributed by atoms with Gasteiger partial charge in [-0.2, -0.15) is 0 Å². The summed E-state index contributed by atoms with van der Waals surface area (Å²) in [6.07, 6.45) is 60.1. The standard InChI is InChI=1S/C60H105O11P/c1-4-7-10-13-16-19-22-24-26-28-30-32-35-38-41-44-47-50-59(63)70-56(52-61)54-68-72(65,66)69-55-57(53-67-58(62)49-46-43-40-37-34-21-18-15-12-9-6-3)71-60(64)51-48-45-42-39-36-33-31-29-27-25-23-20-17-14-11-8-5-2/h8,11,17,20,24-27,31,33,39,42,56-57,61H,4-7,9-10,12-16,18-19,21-23,28-30,32,34-38,40-41,43-55H2,1-3H3,(H,65,66)/b11-8-,20-17-,26-24-,27-25-,33-31-,42-39-. The molecule has 416 valence electrons. The summed E-state index contributed by atoms with van der Waals surface area (Å²) < 4.78 is 39.4. The van der Waals surface area contributed by atoms with Crippen molar-refractivity contribution in [2.75, 3.05) is 26.4 Å². The monoisotopic (exact) mass is 1030 g/mol. The highest BCUT2D eigenvalue weighted by Gasteiger charge is 2.28. The Labute approximate surface area is 439 Å². The molecule has 11 nitrogen and oxygen atoms in total. The van der Waals surface area contributed by atoms with Crippen LogP contribution < -0.4 is 0 Å². The summed E-state index contributed by atoms with van der Waals surface area (Å²) >= 11 is 0. The van der Waals surface area contributed by atoms with Crippen LogP contribution >= 0.6 is 7.82 Å². The van der Waals surface area contributed by atoms with Crippen molar-refractivity contribution in [3.8, 4) is 0 Å². The lowest BCUT2D eigenvalue weighted by atomic mass is 10.1. The Balaban J connectivity index is 4.74. The summed E-state index contributed by atoms with van der Waals surface area (Å²) in [7, 11) is -4.76. The average molecular weight is 1030 g/mol. The molecule has 0 fully saturated rings. The molecule has 0 amide bonds. The van der Waals surface area contributed by atoms with Gasteiger partial charge in [0.15, 0.2) is 6.10 Å². The van der Waals surface area contributed by atoms with Gasteiger partial charge in [0.2, 0.25) is 0 Å². The van der Waals surface area contributed by atoms with Crippen LogP contribution in [0.25, 0.3) is 0 Å². The summed E-state index contributed by atoms with van der Waals surface area (Å²) in [4.78, 5) is 48.4. The Bertz CT molecular complexity index is 1490. The third-order valence-corrected chi connectivity index (χ3v) is 13.1. The van der Waals surface area contributed by atoms with Crippen LogP contribution in [0.5, 0.6) is 0 Å². The molecule has 3 atom stereocenters. The van der Waals surface area contributed by atoms with Gasteiger partial charge in [0.05, 0.1) is 19.8 Å². The number of esters is 3. The number of phosphoric acid groups is 1. The Hall–Kier alpha value is -3.08. The van der Waals surface area contributed by atoms with E-state index in [-0.39, 0.29) is 25.9 Å². The number of unbranched alkanes of at least 4 members (excludes halogenated alkanes) is 24. The second-order valence-electron chi connectivity index (χ2n) is 19.1. The number of carbonyl (C=O) groups excluding carboxylic acids is 3. The minimum Gasteiger partial charge on any atom is -0.462 e. The molecule has 0 aromatic heterocycles. The van der Waals surface area contributed by atoms with Crippen molar-refractivity contribution in [3.05, 3.63) is 72.9 Å². The lowest BCUT2D eigenvalue weighted by Crippen LogP contribution is -2.30. The van der Waals surface area contributed by atoms with Crippen molar-refractivity contribution in [1.29, 1.82) is 0 Å². The van der Waals surface area contributed by atoms with E-state index in [0.29, 0.717) is 25.7 Å². The Kier molecular flexibility index (Phi) is 51.9. The summed E-state index contributed by atoms with van der Waals surface area (Å²) in [6.45, 7) is 4.46. The van der Waals surface area contributed by atoms with Crippen LogP contribution in [0.15, 0.2) is 72.9 Å². The Morgan fingerprint density at radius 1 is 0.403 bits per heavy atom. The topological polar surface area (TPSA) is 155 Å². The van der Waals surface area contributed by atoms with Crippen molar-refractivity contribution < 1.29 is 52.2 Å². The predicted molar refractivity (Wildman–Crippen MR) is 298 cm³/mol. The van der Waals surface area contributed by atoms with Crippen molar-refractivity contribution in [3.63, 3.8) is 0 Å². The third kappa shape index (κ3) is 51.8. The maximum Gasteiger partial charge on any atom is 0.472 e. The van der Waals surface area contributed by atoms with Crippen LogP contribution in [0, 0.1) is 0 Å². The SMILES string of the molecule is CC/C=C\C/C=C\C/C=C\C/C=C\C/C=C\CCCC(=O)OC(COC(=O)CCCCCCCCCCCCC)COP(=O)(O)OCC(CO)OC(=O)CCCCCCCCC/C=C\CCCCCCCC. The number of aliphatic hydroxyl groups excluding tert-OH is 1. The smallest absolute Gasteiger partial charge is 0.462 e. The lowest BCUT2D eigenvalue weighted by Gasteiger charge is -2.21. The highest BCUT2D eigenvalue weighted by Crippen LogP contribution is 2.43. The molecular formula is C60H105O11P. The van der Waals surface area contributed by atoms with Gasteiger partial charge >= 0.3 is 25.7 Å². The van der Waals surface area contributed by atoms with E-state index in [1.807, 2.05) is 12.2 Å². The van der Waals surface area contributed by atoms with E-state index in [0.717, 1.165) is 77.0 Å². The molecule has 3 unspecified atom stereocenters. The molecule has 0 aliphatic carbocycles. The van der Waals surface area contributed by atoms with Gasteiger partial charge in [0.25, 0.3) is 0 Å². The van der Waals surface area contributed by atoms with Gasteiger partial charge in [0.1, 0.15) is 12.7 Å². The molecule has 0 aliphatic rings. The molecule has 0 rings (SSSR count). The molecular weight excluding hydrogens is 928 g/mol. The van der Waals surface area contributed by atoms with Gasteiger partial charge in [-0.25, -0.2) is 4.57 Å². The predicted octanol–water partition coefficient (Wildman–Crippen LogP) is 16.9. The first-order chi connectivity index (χ1) is 35.2. The highest BCUT2D eigenvalue weighted by atomic mass is 31.2. The minimum absolute atomic E-state index is 0.0891. The van der Waals surface area contributed by atoms with E-state index in [2.05, 4.69) is 81.5 Å². The molecule has 72 heavy (non-hydrogen) atoms. The van der Waals surface area contributed by atoms with E-state index in [4.69, 9.17) is 23.3 Å². The first-order valence-electron chi connectivity index (χ1n) is 28.8. The number of ether oxygens (including phenoxy) is 3. The first kappa shape index (κ1) is 68.9. The van der Waals surface area contributed by atoms with Gasteiger partial charge in [-0.05, 0) is 83.5 Å². The fourth-order valence-corrected chi connectivity index (χ4v) is 8.52. The molecule has 12 heteroatoms. The fourth-order valence-electron chi connectivity index (χ4n) is 7.74. The molecule has 0 saturated carbocycles. The van der Waals surface area contributed by atoms with Gasteiger partial charge in [0, 0.05) is 19.3 Å². The summed E-state index contributed by atoms with van der Waals surface area (Å²) in [6, 6.07) is 0. The molecule has 0 heterocycles. The molecule has 0 aromatic rings. The molecule has 0 aliphatic heterocycles. The molecule has 0 saturated heterocycles. The van der Waals surface area contributed by atoms with Crippen LogP contribution in [0.2, 0.25) is 0 Å². The maximum atomic E-state index is 12.9. The van der Waals surface area contributed by atoms with Crippen LogP contribution in [0.1, 0.15) is 252 Å². The van der Waals surface area contributed by atoms with Crippen molar-refractivity contribution in [2.24, 2.45) is 0 Å². The number of phosphoric ester groups is 1. The van der Waals surface area contributed by atoms with Gasteiger partial charge in [-0.3, -0.25) is 23.4 Å². The van der Waals surface area contributed by atoms with E-state index < -0.39 is 57.8 Å². The van der Waals surface area contributed by atoms with E-state index in [9.17, 15) is 28.9 Å². The summed E-state index contributed by atoms with van der Waals surface area (Å²) in [5.74, 6) is -1.54. The van der Waals surface area contributed by atoms with Gasteiger partial charge in [-0.1, -0.05) is 222 Å². The zero-order valence-corrected chi connectivity index (χ0v) is 46.8. The second kappa shape index (κ2) is 54.2. The third-order valence-electron chi connectivity index (χ3n) is 12.1. The van der Waals surface area contributed by atoms with Crippen molar-refractivity contribution in [1.82, 2.24) is 0 Å². The lowest BCUT2D eigenvalue weighted by molar-refractivity contribution is -0.161. The first-order valence-corrected chi connectivity index (χ1v) is 30.3. The van der Waals surface area contributed by atoms with E-state index in [1.165, 1.54) is 109 Å². The zero-order chi connectivity index (χ0) is 52.7. The average Bonchev–Trinajstić information content (AvgIpc) is 3.37. The van der Waals surface area contributed by atoms with Crippen molar-refractivity contribution >= 4 is 25.7 Å². The quantitative estimate of drug-likeness (QED) is 0.0197. The zero-order valence-electron chi connectivity index (χ0n) is 45.9. The number of hydrogen-bond donors (Lipinski definition) is 2. The van der Waals surface area contributed by atoms with Gasteiger partial charge in [-0.15, -0.1) is 0 Å². The van der Waals surface area contributed by atoms with Crippen molar-refractivity contribution in [2.45, 2.75) is 264 Å².